The number of hydrogen-bond donors (Lipinski definition) is 0. The molecular formula is C19H27NO4. The molecule has 0 aliphatic carbocycles. The monoisotopic (exact) mass is 333 g/mol. The lowest BCUT2D eigenvalue weighted by Crippen LogP contribution is -2.47. The summed E-state index contributed by atoms with van der Waals surface area (Å²) in [4.78, 5) is 14.9. The second kappa shape index (κ2) is 6.37. The Kier molecular flexibility index (Phi) is 4.58. The van der Waals surface area contributed by atoms with E-state index < -0.39 is 5.79 Å². The number of carbonyl (C=O) groups is 1. The number of nitrogens with zero attached hydrogens (tertiary/aromatic N) is 1. The Balaban J connectivity index is 1.79. The van der Waals surface area contributed by atoms with Crippen LogP contribution in [0.4, 0.5) is 0 Å². The van der Waals surface area contributed by atoms with Crippen molar-refractivity contribution >= 4 is 5.91 Å². The Morgan fingerprint density at radius 3 is 2.33 bits per heavy atom. The molecule has 2 fully saturated rings. The number of amides is 1. The van der Waals surface area contributed by atoms with Crippen LogP contribution in [-0.4, -0.2) is 50.0 Å². The SMILES string of the molecule is COc1ccc(C(C)(C)C)cc1C(=O)N1CCC2(CC1)OCCO2. The van der Waals surface area contributed by atoms with E-state index in [1.165, 1.54) is 0 Å². The zero-order chi connectivity index (χ0) is 17.4. The summed E-state index contributed by atoms with van der Waals surface area (Å²) >= 11 is 0. The molecule has 1 amide bonds. The summed E-state index contributed by atoms with van der Waals surface area (Å²) in [5.74, 6) is 0.182. The molecule has 2 aliphatic rings. The molecule has 0 radical (unpaired) electrons. The fraction of sp³-hybridized carbons (Fsp3) is 0.632. The van der Waals surface area contributed by atoms with E-state index in [4.69, 9.17) is 14.2 Å². The van der Waals surface area contributed by atoms with E-state index in [1.54, 1.807) is 7.11 Å². The van der Waals surface area contributed by atoms with Crippen molar-refractivity contribution in [3.8, 4) is 5.75 Å². The minimum atomic E-state index is -0.464. The molecule has 3 rings (SSSR count). The molecular weight excluding hydrogens is 306 g/mol. The number of likely N-dealkylation sites (tertiary alicyclic amines) is 1. The number of rotatable bonds is 2. The molecule has 1 aromatic rings. The van der Waals surface area contributed by atoms with Crippen LogP contribution in [0.1, 0.15) is 49.5 Å². The highest BCUT2D eigenvalue weighted by Gasteiger charge is 2.41. The van der Waals surface area contributed by atoms with Crippen LogP contribution in [0.15, 0.2) is 18.2 Å². The molecule has 5 heteroatoms. The lowest BCUT2D eigenvalue weighted by molar-refractivity contribution is -0.181. The van der Waals surface area contributed by atoms with Gasteiger partial charge in [-0.05, 0) is 23.1 Å². The summed E-state index contributed by atoms with van der Waals surface area (Å²) < 4.78 is 16.9. The van der Waals surface area contributed by atoms with E-state index >= 15 is 0 Å². The lowest BCUT2D eigenvalue weighted by atomic mass is 9.86. The largest absolute Gasteiger partial charge is 0.496 e. The average molecular weight is 333 g/mol. The Labute approximate surface area is 143 Å². The van der Waals surface area contributed by atoms with E-state index in [0.29, 0.717) is 37.6 Å². The smallest absolute Gasteiger partial charge is 0.257 e. The van der Waals surface area contributed by atoms with Crippen molar-refractivity contribution in [3.63, 3.8) is 0 Å². The molecule has 0 bridgehead atoms. The van der Waals surface area contributed by atoms with Gasteiger partial charge in [-0.3, -0.25) is 4.79 Å². The molecule has 0 aromatic heterocycles. The van der Waals surface area contributed by atoms with Crippen LogP contribution in [0.3, 0.4) is 0 Å². The summed E-state index contributed by atoms with van der Waals surface area (Å²) in [6, 6.07) is 5.89. The first-order valence-electron chi connectivity index (χ1n) is 8.60. The highest BCUT2D eigenvalue weighted by Crippen LogP contribution is 2.33. The summed E-state index contributed by atoms with van der Waals surface area (Å²) in [5, 5.41) is 0. The summed E-state index contributed by atoms with van der Waals surface area (Å²) in [6.07, 6.45) is 1.44. The number of carbonyl (C=O) groups excluding carboxylic acids is 1. The predicted octanol–water partition coefficient (Wildman–Crippen LogP) is 2.97. The predicted molar refractivity (Wildman–Crippen MR) is 91.5 cm³/mol. The zero-order valence-electron chi connectivity index (χ0n) is 15.1. The van der Waals surface area contributed by atoms with Gasteiger partial charge in [-0.1, -0.05) is 26.8 Å². The first-order chi connectivity index (χ1) is 11.3. The molecule has 132 valence electrons. The topological polar surface area (TPSA) is 48.0 Å². The number of ether oxygens (including phenoxy) is 3. The van der Waals surface area contributed by atoms with E-state index in [2.05, 4.69) is 20.8 Å². The fourth-order valence-electron chi connectivity index (χ4n) is 3.35. The van der Waals surface area contributed by atoms with Crippen molar-refractivity contribution < 1.29 is 19.0 Å². The molecule has 1 aromatic carbocycles. The van der Waals surface area contributed by atoms with Gasteiger partial charge in [0.05, 0.1) is 25.9 Å². The quantitative estimate of drug-likeness (QED) is 0.835. The van der Waals surface area contributed by atoms with Crippen molar-refractivity contribution in [1.29, 1.82) is 0 Å². The molecule has 5 nitrogen and oxygen atoms in total. The second-order valence-corrected chi connectivity index (χ2v) is 7.56. The van der Waals surface area contributed by atoms with Crippen molar-refractivity contribution in [2.24, 2.45) is 0 Å². The third-order valence-electron chi connectivity index (χ3n) is 4.92. The molecule has 2 aliphatic heterocycles. The number of piperidine rings is 1. The van der Waals surface area contributed by atoms with Crippen LogP contribution in [0, 0.1) is 0 Å². The summed E-state index contributed by atoms with van der Waals surface area (Å²) in [5.41, 5.74) is 1.75. The minimum Gasteiger partial charge on any atom is -0.496 e. The van der Waals surface area contributed by atoms with Crippen LogP contribution < -0.4 is 4.74 Å². The standard InChI is InChI=1S/C19H27NO4/c1-18(2,3)14-5-6-16(22-4)15(13-14)17(21)20-9-7-19(8-10-20)23-11-12-24-19/h5-6,13H,7-12H2,1-4H3. The van der Waals surface area contributed by atoms with Crippen LogP contribution in [0.5, 0.6) is 5.75 Å². The van der Waals surface area contributed by atoms with Crippen molar-refractivity contribution in [3.05, 3.63) is 29.3 Å². The van der Waals surface area contributed by atoms with E-state index in [-0.39, 0.29) is 11.3 Å². The van der Waals surface area contributed by atoms with Crippen LogP contribution in [-0.2, 0) is 14.9 Å². The number of hydrogen-bond acceptors (Lipinski definition) is 4. The Bertz CT molecular complexity index is 604. The Hall–Kier alpha value is -1.59. The lowest BCUT2D eigenvalue weighted by Gasteiger charge is -2.37. The number of methoxy groups -OCH3 is 1. The third-order valence-corrected chi connectivity index (χ3v) is 4.92. The zero-order valence-corrected chi connectivity index (χ0v) is 15.1. The van der Waals surface area contributed by atoms with Gasteiger partial charge in [0.1, 0.15) is 5.75 Å². The molecule has 1 spiro atoms. The molecule has 0 saturated carbocycles. The highest BCUT2D eigenvalue weighted by molar-refractivity contribution is 5.97. The van der Waals surface area contributed by atoms with Crippen LogP contribution >= 0.6 is 0 Å². The van der Waals surface area contributed by atoms with Crippen molar-refractivity contribution in [2.75, 3.05) is 33.4 Å². The maximum atomic E-state index is 13.0. The van der Waals surface area contributed by atoms with Crippen molar-refractivity contribution in [1.82, 2.24) is 4.90 Å². The average Bonchev–Trinajstić information content (AvgIpc) is 3.01. The van der Waals surface area contributed by atoms with Crippen molar-refractivity contribution in [2.45, 2.75) is 44.8 Å². The summed E-state index contributed by atoms with van der Waals surface area (Å²) in [7, 11) is 1.61. The molecule has 0 N–H and O–H groups in total. The first-order valence-corrected chi connectivity index (χ1v) is 8.60. The van der Waals surface area contributed by atoms with Gasteiger partial charge in [-0.25, -0.2) is 0 Å². The van der Waals surface area contributed by atoms with Crippen LogP contribution in [0.2, 0.25) is 0 Å². The van der Waals surface area contributed by atoms with Gasteiger partial charge >= 0.3 is 0 Å². The summed E-state index contributed by atoms with van der Waals surface area (Å²) in [6.45, 7) is 9.00. The maximum Gasteiger partial charge on any atom is 0.257 e. The van der Waals surface area contributed by atoms with Gasteiger partial charge in [-0.2, -0.15) is 0 Å². The normalized spacial score (nSPS) is 20.4. The van der Waals surface area contributed by atoms with E-state index in [1.807, 2.05) is 23.1 Å². The Morgan fingerprint density at radius 2 is 1.79 bits per heavy atom. The van der Waals surface area contributed by atoms with E-state index in [0.717, 1.165) is 18.4 Å². The minimum absolute atomic E-state index is 0.0151. The second-order valence-electron chi connectivity index (χ2n) is 7.56. The van der Waals surface area contributed by atoms with Gasteiger partial charge in [0.25, 0.3) is 5.91 Å². The van der Waals surface area contributed by atoms with Gasteiger partial charge in [0.15, 0.2) is 5.79 Å². The first kappa shape index (κ1) is 17.2. The van der Waals surface area contributed by atoms with E-state index in [9.17, 15) is 4.79 Å². The molecule has 2 saturated heterocycles. The highest BCUT2D eigenvalue weighted by atomic mass is 16.7. The van der Waals surface area contributed by atoms with Gasteiger partial charge in [0, 0.05) is 25.9 Å². The molecule has 2 heterocycles. The van der Waals surface area contributed by atoms with Gasteiger partial charge < -0.3 is 19.1 Å². The van der Waals surface area contributed by atoms with Gasteiger partial charge in [0.2, 0.25) is 0 Å². The van der Waals surface area contributed by atoms with Gasteiger partial charge in [-0.15, -0.1) is 0 Å². The fourth-order valence-corrected chi connectivity index (χ4v) is 3.35. The van der Waals surface area contributed by atoms with Crippen LogP contribution in [0.25, 0.3) is 0 Å². The number of benzene rings is 1. The molecule has 0 atom stereocenters. The Morgan fingerprint density at radius 1 is 1.17 bits per heavy atom. The molecule has 0 unspecified atom stereocenters. The maximum absolute atomic E-state index is 13.0. The molecule has 24 heavy (non-hydrogen) atoms. The third kappa shape index (κ3) is 3.28.